The Labute approximate surface area is 102 Å². The summed E-state index contributed by atoms with van der Waals surface area (Å²) in [5.41, 5.74) is 2.08. The van der Waals surface area contributed by atoms with Crippen molar-refractivity contribution < 1.29 is 10.2 Å². The highest BCUT2D eigenvalue weighted by Crippen LogP contribution is 2.28. The number of aliphatic hydroxyl groups excluding tert-OH is 2. The zero-order valence-electron chi connectivity index (χ0n) is 10.4. The second-order valence-electron chi connectivity index (χ2n) is 4.20. The predicted molar refractivity (Wildman–Crippen MR) is 66.7 cm³/mol. The standard InChI is InChI=1S/C13H18N2O2/c1-9(8-16)15(3)13-6-11(7-14)4-5-12(13)10(2)17/h4-6,9-10,16-17H,8H2,1-3H3/t9?,10-/m0/s1. The van der Waals surface area contributed by atoms with E-state index < -0.39 is 6.10 Å². The Hall–Kier alpha value is -1.57. The van der Waals surface area contributed by atoms with Crippen LogP contribution in [0, 0.1) is 11.3 Å². The van der Waals surface area contributed by atoms with Crippen molar-refractivity contribution in [3.8, 4) is 6.07 Å². The zero-order chi connectivity index (χ0) is 13.0. The lowest BCUT2D eigenvalue weighted by Gasteiger charge is -2.28. The van der Waals surface area contributed by atoms with Gasteiger partial charge in [-0.1, -0.05) is 6.07 Å². The van der Waals surface area contributed by atoms with E-state index in [9.17, 15) is 5.11 Å². The highest BCUT2D eigenvalue weighted by atomic mass is 16.3. The van der Waals surface area contributed by atoms with Crippen molar-refractivity contribution in [2.45, 2.75) is 26.0 Å². The van der Waals surface area contributed by atoms with Crippen LogP contribution in [-0.4, -0.2) is 29.9 Å². The quantitative estimate of drug-likeness (QED) is 0.827. The molecule has 0 heterocycles. The lowest BCUT2D eigenvalue weighted by molar-refractivity contribution is 0.199. The van der Waals surface area contributed by atoms with Gasteiger partial charge in [-0.05, 0) is 26.0 Å². The minimum absolute atomic E-state index is 0.0204. The largest absolute Gasteiger partial charge is 0.394 e. The normalized spacial score (nSPS) is 13.9. The average Bonchev–Trinajstić information content (AvgIpc) is 2.35. The van der Waals surface area contributed by atoms with Gasteiger partial charge in [0.15, 0.2) is 0 Å². The summed E-state index contributed by atoms with van der Waals surface area (Å²) >= 11 is 0. The zero-order valence-corrected chi connectivity index (χ0v) is 10.4. The molecule has 2 atom stereocenters. The van der Waals surface area contributed by atoms with Crippen LogP contribution in [0.15, 0.2) is 18.2 Å². The van der Waals surface area contributed by atoms with Crippen LogP contribution in [0.4, 0.5) is 5.69 Å². The second-order valence-corrected chi connectivity index (χ2v) is 4.20. The van der Waals surface area contributed by atoms with E-state index in [0.29, 0.717) is 5.56 Å². The topological polar surface area (TPSA) is 67.5 Å². The van der Waals surface area contributed by atoms with Gasteiger partial charge in [0.1, 0.15) is 0 Å². The molecule has 0 bridgehead atoms. The fourth-order valence-corrected chi connectivity index (χ4v) is 1.63. The van der Waals surface area contributed by atoms with E-state index in [1.165, 1.54) is 0 Å². The first-order valence-corrected chi connectivity index (χ1v) is 5.57. The first-order chi connectivity index (χ1) is 8.01. The number of rotatable bonds is 4. The highest BCUT2D eigenvalue weighted by molar-refractivity contribution is 5.58. The monoisotopic (exact) mass is 234 g/mol. The van der Waals surface area contributed by atoms with Gasteiger partial charge in [-0.15, -0.1) is 0 Å². The number of benzene rings is 1. The van der Waals surface area contributed by atoms with Crippen molar-refractivity contribution in [3.05, 3.63) is 29.3 Å². The summed E-state index contributed by atoms with van der Waals surface area (Å²) in [7, 11) is 1.84. The SMILES string of the molecule is CC(CO)N(C)c1cc(C#N)ccc1[C@H](C)O. The van der Waals surface area contributed by atoms with E-state index in [2.05, 4.69) is 6.07 Å². The van der Waals surface area contributed by atoms with E-state index in [1.54, 1.807) is 25.1 Å². The number of hydrogen-bond acceptors (Lipinski definition) is 4. The third-order valence-electron chi connectivity index (χ3n) is 2.91. The van der Waals surface area contributed by atoms with Gasteiger partial charge in [0.2, 0.25) is 0 Å². The summed E-state index contributed by atoms with van der Waals surface area (Å²) in [6.07, 6.45) is -0.605. The molecular formula is C13H18N2O2. The molecule has 17 heavy (non-hydrogen) atoms. The van der Waals surface area contributed by atoms with Crippen LogP contribution < -0.4 is 4.90 Å². The fourth-order valence-electron chi connectivity index (χ4n) is 1.63. The van der Waals surface area contributed by atoms with Crippen LogP contribution in [0.25, 0.3) is 0 Å². The van der Waals surface area contributed by atoms with Gasteiger partial charge in [-0.2, -0.15) is 5.26 Å². The third kappa shape index (κ3) is 2.96. The molecule has 0 saturated carbocycles. The number of nitriles is 1. The summed E-state index contributed by atoms with van der Waals surface area (Å²) in [6, 6.07) is 7.17. The van der Waals surface area contributed by atoms with Crippen LogP contribution in [0.1, 0.15) is 31.1 Å². The summed E-state index contributed by atoms with van der Waals surface area (Å²) in [6.45, 7) is 3.58. The van der Waals surface area contributed by atoms with E-state index in [0.717, 1.165) is 11.3 Å². The molecule has 0 saturated heterocycles. The molecular weight excluding hydrogens is 216 g/mol. The van der Waals surface area contributed by atoms with Gasteiger partial charge in [-0.3, -0.25) is 0 Å². The molecule has 92 valence electrons. The molecule has 0 aromatic heterocycles. The maximum atomic E-state index is 9.70. The molecule has 1 aromatic carbocycles. The molecule has 0 spiro atoms. The Morgan fingerprint density at radius 3 is 2.53 bits per heavy atom. The Morgan fingerprint density at radius 2 is 2.06 bits per heavy atom. The Morgan fingerprint density at radius 1 is 1.41 bits per heavy atom. The van der Waals surface area contributed by atoms with Crippen molar-refractivity contribution in [2.75, 3.05) is 18.6 Å². The van der Waals surface area contributed by atoms with E-state index in [-0.39, 0.29) is 12.6 Å². The Balaban J connectivity index is 3.22. The maximum absolute atomic E-state index is 9.70. The molecule has 0 amide bonds. The predicted octanol–water partition coefficient (Wildman–Crippen LogP) is 1.43. The molecule has 4 nitrogen and oxygen atoms in total. The molecule has 0 radical (unpaired) electrons. The van der Waals surface area contributed by atoms with Crippen molar-refractivity contribution >= 4 is 5.69 Å². The van der Waals surface area contributed by atoms with Crippen LogP contribution in [0.3, 0.4) is 0 Å². The van der Waals surface area contributed by atoms with Gasteiger partial charge < -0.3 is 15.1 Å². The number of hydrogen-bond donors (Lipinski definition) is 2. The number of likely N-dealkylation sites (N-methyl/N-ethyl adjacent to an activating group) is 1. The van der Waals surface area contributed by atoms with Gasteiger partial charge in [0.25, 0.3) is 0 Å². The average molecular weight is 234 g/mol. The molecule has 4 heteroatoms. The van der Waals surface area contributed by atoms with Gasteiger partial charge in [0.05, 0.1) is 24.3 Å². The first-order valence-electron chi connectivity index (χ1n) is 5.57. The van der Waals surface area contributed by atoms with Crippen LogP contribution in [0.2, 0.25) is 0 Å². The smallest absolute Gasteiger partial charge is 0.0992 e. The number of anilines is 1. The van der Waals surface area contributed by atoms with Crippen LogP contribution in [0.5, 0.6) is 0 Å². The molecule has 2 N–H and O–H groups in total. The summed E-state index contributed by atoms with van der Waals surface area (Å²) in [5.74, 6) is 0. The van der Waals surface area contributed by atoms with Crippen molar-refractivity contribution in [2.24, 2.45) is 0 Å². The Kier molecular flexibility index (Phi) is 4.50. The molecule has 1 unspecified atom stereocenters. The first kappa shape index (κ1) is 13.5. The molecule has 0 aliphatic rings. The van der Waals surface area contributed by atoms with Crippen molar-refractivity contribution in [1.29, 1.82) is 5.26 Å². The van der Waals surface area contributed by atoms with Gasteiger partial charge >= 0.3 is 0 Å². The Bertz CT molecular complexity index is 424. The number of nitrogens with zero attached hydrogens (tertiary/aromatic N) is 2. The molecule has 0 aliphatic carbocycles. The number of aliphatic hydroxyl groups is 2. The van der Waals surface area contributed by atoms with Crippen LogP contribution in [-0.2, 0) is 0 Å². The summed E-state index contributed by atoms with van der Waals surface area (Å²) < 4.78 is 0. The summed E-state index contributed by atoms with van der Waals surface area (Å²) in [4.78, 5) is 1.86. The third-order valence-corrected chi connectivity index (χ3v) is 2.91. The summed E-state index contributed by atoms with van der Waals surface area (Å²) in [5, 5.41) is 27.7. The van der Waals surface area contributed by atoms with E-state index in [4.69, 9.17) is 10.4 Å². The van der Waals surface area contributed by atoms with Crippen molar-refractivity contribution in [1.82, 2.24) is 0 Å². The van der Waals surface area contributed by atoms with Gasteiger partial charge in [-0.25, -0.2) is 0 Å². The minimum atomic E-state index is -0.605. The second kappa shape index (κ2) is 5.67. The minimum Gasteiger partial charge on any atom is -0.394 e. The molecule has 1 rings (SSSR count). The fraction of sp³-hybridized carbons (Fsp3) is 0.462. The van der Waals surface area contributed by atoms with Crippen LogP contribution >= 0.6 is 0 Å². The molecule has 0 aliphatic heterocycles. The molecule has 1 aromatic rings. The van der Waals surface area contributed by atoms with E-state index >= 15 is 0 Å². The highest BCUT2D eigenvalue weighted by Gasteiger charge is 2.16. The molecule has 0 fully saturated rings. The van der Waals surface area contributed by atoms with Crippen molar-refractivity contribution in [3.63, 3.8) is 0 Å². The van der Waals surface area contributed by atoms with Gasteiger partial charge in [0, 0.05) is 24.3 Å². The maximum Gasteiger partial charge on any atom is 0.0992 e. The van der Waals surface area contributed by atoms with E-state index in [1.807, 2.05) is 18.9 Å². The lowest BCUT2D eigenvalue weighted by Crippen LogP contribution is -2.32. The lowest BCUT2D eigenvalue weighted by atomic mass is 10.0.